The molecule has 0 atom stereocenters. The van der Waals surface area contributed by atoms with Crippen LogP contribution in [0, 0.1) is 0 Å². The van der Waals surface area contributed by atoms with Crippen LogP contribution in [0.2, 0.25) is 0 Å². The number of carbonyl (C=O) groups excluding carboxylic acids is 3. The Labute approximate surface area is 226 Å². The monoisotopic (exact) mass is 662 g/mol. The summed E-state index contributed by atoms with van der Waals surface area (Å²) in [5, 5.41) is 2.22. The first-order valence-corrected chi connectivity index (χ1v) is 12.6. The van der Waals surface area contributed by atoms with Crippen molar-refractivity contribution in [3.05, 3.63) is 90.8 Å². The van der Waals surface area contributed by atoms with Gasteiger partial charge in [-0.2, -0.15) is 0 Å². The van der Waals surface area contributed by atoms with Gasteiger partial charge >= 0.3 is 6.03 Å². The van der Waals surface area contributed by atoms with Crippen LogP contribution in [-0.2, 0) is 16.2 Å². The van der Waals surface area contributed by atoms with E-state index in [1.54, 1.807) is 36.4 Å². The summed E-state index contributed by atoms with van der Waals surface area (Å²) in [5.41, 5.74) is 1.62. The molecule has 0 unspecified atom stereocenters. The van der Waals surface area contributed by atoms with Gasteiger partial charge in [0.25, 0.3) is 11.8 Å². The first-order chi connectivity index (χ1) is 16.8. The Balaban J connectivity index is 1.63. The molecular weight excluding hydrogens is 648 g/mol. The normalized spacial score (nSPS) is 14.8. The summed E-state index contributed by atoms with van der Waals surface area (Å²) in [6, 6.07) is 16.9. The Morgan fingerprint density at radius 3 is 2.17 bits per heavy atom. The zero-order valence-electron chi connectivity index (χ0n) is 18.2. The van der Waals surface area contributed by atoms with Crippen LogP contribution < -0.4 is 19.7 Å². The number of imide groups is 2. The average Bonchev–Trinajstić information content (AvgIpc) is 2.83. The van der Waals surface area contributed by atoms with Crippen molar-refractivity contribution >= 4 is 77.4 Å². The third-order valence-electron chi connectivity index (χ3n) is 5.05. The molecule has 3 aromatic carbocycles. The molecular formula is C25H17Br3N2O5. The molecule has 1 heterocycles. The zero-order chi connectivity index (χ0) is 25.1. The smallest absolute Gasteiger partial charge is 0.335 e. The molecule has 0 spiro atoms. The van der Waals surface area contributed by atoms with E-state index in [-0.39, 0.29) is 5.57 Å². The number of barbiturate groups is 1. The molecule has 0 radical (unpaired) electrons. The summed E-state index contributed by atoms with van der Waals surface area (Å²) in [6.07, 6.45) is 1.40. The van der Waals surface area contributed by atoms with Gasteiger partial charge in [0, 0.05) is 8.95 Å². The van der Waals surface area contributed by atoms with Crippen LogP contribution in [0.5, 0.6) is 11.5 Å². The molecule has 0 aromatic heterocycles. The van der Waals surface area contributed by atoms with Crippen molar-refractivity contribution in [2.75, 3.05) is 12.0 Å². The lowest BCUT2D eigenvalue weighted by atomic mass is 10.1. The van der Waals surface area contributed by atoms with E-state index in [1.165, 1.54) is 13.2 Å². The molecule has 1 aliphatic rings. The van der Waals surface area contributed by atoms with E-state index in [0.29, 0.717) is 33.8 Å². The number of hydrogen-bond donors (Lipinski definition) is 1. The van der Waals surface area contributed by atoms with Crippen LogP contribution in [0.3, 0.4) is 0 Å². The minimum absolute atomic E-state index is 0.190. The number of amides is 4. The molecule has 35 heavy (non-hydrogen) atoms. The number of ether oxygens (including phenoxy) is 2. The highest BCUT2D eigenvalue weighted by molar-refractivity contribution is 9.11. The number of halogens is 3. The second-order valence-electron chi connectivity index (χ2n) is 7.38. The van der Waals surface area contributed by atoms with Gasteiger partial charge in [0.2, 0.25) is 0 Å². The van der Waals surface area contributed by atoms with Crippen LogP contribution in [0.25, 0.3) is 6.08 Å². The number of nitrogens with one attached hydrogen (secondary N) is 1. The minimum Gasteiger partial charge on any atom is -0.493 e. The van der Waals surface area contributed by atoms with Crippen LogP contribution in [-0.4, -0.2) is 25.0 Å². The number of rotatable bonds is 6. The van der Waals surface area contributed by atoms with Gasteiger partial charge in [-0.1, -0.05) is 44.0 Å². The number of anilines is 1. The number of urea groups is 1. The van der Waals surface area contributed by atoms with Crippen LogP contribution >= 0.6 is 47.8 Å². The van der Waals surface area contributed by atoms with Crippen molar-refractivity contribution in [3.8, 4) is 11.5 Å². The van der Waals surface area contributed by atoms with E-state index in [1.807, 2.05) is 24.3 Å². The van der Waals surface area contributed by atoms with Gasteiger partial charge in [0.15, 0.2) is 11.5 Å². The molecule has 1 N–H and O–H groups in total. The lowest BCUT2D eigenvalue weighted by molar-refractivity contribution is -0.122. The van der Waals surface area contributed by atoms with Gasteiger partial charge in [-0.25, -0.2) is 9.69 Å². The SMILES string of the molecule is COc1cc(/C=C2\C(=O)NC(=O)N(c3ccc(Br)cc3)C2=O)cc(Br)c1OCc1ccc(Br)cc1. The van der Waals surface area contributed by atoms with Gasteiger partial charge in [-0.15, -0.1) is 0 Å². The molecule has 0 saturated carbocycles. The molecule has 1 fully saturated rings. The molecule has 0 bridgehead atoms. The topological polar surface area (TPSA) is 84.9 Å². The summed E-state index contributed by atoms with van der Waals surface area (Å²) in [6.45, 7) is 0.313. The number of nitrogens with zero attached hydrogens (tertiary/aromatic N) is 1. The lowest BCUT2D eigenvalue weighted by Gasteiger charge is -2.26. The van der Waals surface area contributed by atoms with Gasteiger partial charge < -0.3 is 9.47 Å². The number of methoxy groups -OCH3 is 1. The Morgan fingerprint density at radius 2 is 1.54 bits per heavy atom. The van der Waals surface area contributed by atoms with Gasteiger partial charge in [0.05, 0.1) is 17.3 Å². The summed E-state index contributed by atoms with van der Waals surface area (Å²) >= 11 is 10.2. The molecule has 1 saturated heterocycles. The summed E-state index contributed by atoms with van der Waals surface area (Å²) in [4.78, 5) is 38.9. The molecule has 178 valence electrons. The Morgan fingerprint density at radius 1 is 0.914 bits per heavy atom. The van der Waals surface area contributed by atoms with Crippen molar-refractivity contribution in [2.24, 2.45) is 0 Å². The first kappa shape index (κ1) is 25.2. The predicted molar refractivity (Wildman–Crippen MR) is 142 cm³/mol. The van der Waals surface area contributed by atoms with Crippen molar-refractivity contribution in [2.45, 2.75) is 6.61 Å². The maximum absolute atomic E-state index is 13.1. The quantitative estimate of drug-likeness (QED) is 0.250. The first-order valence-electron chi connectivity index (χ1n) is 10.2. The Bertz CT molecular complexity index is 1340. The van der Waals surface area contributed by atoms with Crippen molar-refractivity contribution in [1.29, 1.82) is 0 Å². The average molecular weight is 665 g/mol. The van der Waals surface area contributed by atoms with E-state index in [0.717, 1.165) is 19.4 Å². The van der Waals surface area contributed by atoms with Crippen LogP contribution in [0.15, 0.2) is 79.7 Å². The fourth-order valence-corrected chi connectivity index (χ4v) is 4.45. The van der Waals surface area contributed by atoms with Gasteiger partial charge in [-0.3, -0.25) is 14.9 Å². The number of carbonyl (C=O) groups is 3. The third-order valence-corrected chi connectivity index (χ3v) is 6.69. The predicted octanol–water partition coefficient (Wildman–Crippen LogP) is 6.23. The van der Waals surface area contributed by atoms with Crippen molar-refractivity contribution in [3.63, 3.8) is 0 Å². The van der Waals surface area contributed by atoms with Crippen LogP contribution in [0.4, 0.5) is 10.5 Å². The fraction of sp³-hybridized carbons (Fsp3) is 0.0800. The summed E-state index contributed by atoms with van der Waals surface area (Å²) in [5.74, 6) is -0.623. The Hall–Kier alpha value is -2.95. The van der Waals surface area contributed by atoms with Crippen molar-refractivity contribution in [1.82, 2.24) is 5.32 Å². The van der Waals surface area contributed by atoms with Gasteiger partial charge in [-0.05, 0) is 81.7 Å². The summed E-state index contributed by atoms with van der Waals surface area (Å²) in [7, 11) is 1.50. The van der Waals surface area contributed by atoms with E-state index >= 15 is 0 Å². The third kappa shape index (κ3) is 5.66. The largest absolute Gasteiger partial charge is 0.493 e. The van der Waals surface area contributed by atoms with Gasteiger partial charge in [0.1, 0.15) is 12.2 Å². The molecule has 1 aliphatic heterocycles. The van der Waals surface area contributed by atoms with Crippen molar-refractivity contribution < 1.29 is 23.9 Å². The highest BCUT2D eigenvalue weighted by atomic mass is 79.9. The molecule has 10 heteroatoms. The highest BCUT2D eigenvalue weighted by Gasteiger charge is 2.36. The van der Waals surface area contributed by atoms with E-state index in [4.69, 9.17) is 9.47 Å². The molecule has 4 amide bonds. The number of hydrogen-bond acceptors (Lipinski definition) is 5. The zero-order valence-corrected chi connectivity index (χ0v) is 22.9. The molecule has 3 aromatic rings. The second-order valence-corrected chi connectivity index (χ2v) is 10.1. The standard InChI is InChI=1S/C25H17Br3N2O5/c1-34-21-12-15(11-20(28)22(21)35-13-14-2-4-16(26)5-3-14)10-19-23(31)29-25(33)30(24(19)32)18-8-6-17(27)7-9-18/h2-12H,13H2,1H3,(H,29,31,33)/b19-10+. The minimum atomic E-state index is -0.810. The summed E-state index contributed by atoms with van der Waals surface area (Å²) < 4.78 is 13.8. The number of benzene rings is 3. The highest BCUT2D eigenvalue weighted by Crippen LogP contribution is 2.38. The maximum Gasteiger partial charge on any atom is 0.335 e. The molecule has 7 nitrogen and oxygen atoms in total. The van der Waals surface area contributed by atoms with E-state index in [2.05, 4.69) is 53.1 Å². The molecule has 0 aliphatic carbocycles. The maximum atomic E-state index is 13.1. The van der Waals surface area contributed by atoms with E-state index in [9.17, 15) is 14.4 Å². The fourth-order valence-electron chi connectivity index (χ4n) is 3.35. The lowest BCUT2D eigenvalue weighted by Crippen LogP contribution is -2.54. The van der Waals surface area contributed by atoms with E-state index < -0.39 is 17.8 Å². The molecule has 4 rings (SSSR count). The van der Waals surface area contributed by atoms with Crippen LogP contribution in [0.1, 0.15) is 11.1 Å². The Kier molecular flexibility index (Phi) is 7.73. The second kappa shape index (κ2) is 10.8.